The molecule has 0 unspecified atom stereocenters. The zero-order chi connectivity index (χ0) is 13.5. The fraction of sp³-hybridized carbons (Fsp3) is 0.615. The summed E-state index contributed by atoms with van der Waals surface area (Å²) in [5.74, 6) is 1.58. The van der Waals surface area contributed by atoms with Crippen LogP contribution in [0, 0.1) is 5.92 Å². The second-order valence-corrected chi connectivity index (χ2v) is 5.75. The minimum absolute atomic E-state index is 0.126. The highest BCUT2D eigenvalue weighted by Gasteiger charge is 2.27. The van der Waals surface area contributed by atoms with E-state index in [4.69, 9.17) is 0 Å². The first-order valence-electron chi connectivity index (χ1n) is 7.20. The fourth-order valence-electron chi connectivity index (χ4n) is 2.79. The summed E-state index contributed by atoms with van der Waals surface area (Å²) in [5.41, 5.74) is 0.434. The van der Waals surface area contributed by atoms with Gasteiger partial charge in [-0.1, -0.05) is 0 Å². The van der Waals surface area contributed by atoms with Crippen LogP contribution in [0.15, 0.2) is 11.0 Å². The van der Waals surface area contributed by atoms with Crippen LogP contribution in [0.2, 0.25) is 0 Å². The Balaban J connectivity index is 1.50. The maximum Gasteiger partial charge on any atom is 0.263 e. The summed E-state index contributed by atoms with van der Waals surface area (Å²) < 4.78 is 0. The molecule has 3 heterocycles. The highest BCUT2D eigenvalue weighted by Crippen LogP contribution is 2.30. The molecule has 0 spiro atoms. The third-order valence-corrected chi connectivity index (χ3v) is 4.19. The van der Waals surface area contributed by atoms with Gasteiger partial charge in [0.25, 0.3) is 5.56 Å². The van der Waals surface area contributed by atoms with E-state index in [2.05, 4.69) is 30.0 Å². The molecule has 1 saturated carbocycles. The average Bonchev–Trinajstić information content (AvgIpc) is 3.14. The van der Waals surface area contributed by atoms with E-state index in [9.17, 15) is 4.79 Å². The van der Waals surface area contributed by atoms with Gasteiger partial charge in [0.15, 0.2) is 5.65 Å². The Morgan fingerprint density at radius 1 is 1.25 bits per heavy atom. The molecule has 2 aromatic heterocycles. The van der Waals surface area contributed by atoms with Gasteiger partial charge in [0.05, 0.1) is 6.20 Å². The van der Waals surface area contributed by atoms with Crippen molar-refractivity contribution in [2.24, 2.45) is 5.92 Å². The molecule has 2 fully saturated rings. The normalized spacial score (nSPS) is 20.7. The quantitative estimate of drug-likeness (QED) is 0.834. The number of fused-ring (bicyclic) bond motifs is 1. The molecule has 1 aliphatic heterocycles. The van der Waals surface area contributed by atoms with Gasteiger partial charge in [0.2, 0.25) is 5.95 Å². The van der Waals surface area contributed by atoms with E-state index >= 15 is 0 Å². The van der Waals surface area contributed by atoms with Crippen molar-refractivity contribution in [2.75, 3.05) is 37.6 Å². The summed E-state index contributed by atoms with van der Waals surface area (Å²) in [6.45, 7) is 5.14. The molecule has 0 radical (unpaired) electrons. The van der Waals surface area contributed by atoms with E-state index in [1.807, 2.05) is 0 Å². The number of anilines is 1. The zero-order valence-corrected chi connectivity index (χ0v) is 11.3. The number of H-pyrrole nitrogens is 2. The van der Waals surface area contributed by atoms with Gasteiger partial charge in [-0.05, 0) is 18.8 Å². The Bertz CT molecular complexity index is 665. The van der Waals surface area contributed by atoms with Crippen molar-refractivity contribution in [2.45, 2.75) is 12.8 Å². The second-order valence-electron chi connectivity index (χ2n) is 5.75. The first-order valence-corrected chi connectivity index (χ1v) is 7.20. The highest BCUT2D eigenvalue weighted by molar-refractivity contribution is 5.73. The topological polar surface area (TPSA) is 80.9 Å². The van der Waals surface area contributed by atoms with E-state index in [0.29, 0.717) is 17.0 Å². The molecule has 2 aliphatic rings. The summed E-state index contributed by atoms with van der Waals surface area (Å²) in [5, 5.41) is 7.15. The summed E-state index contributed by atoms with van der Waals surface area (Å²) in [7, 11) is 0. The first-order chi connectivity index (χ1) is 9.79. The van der Waals surface area contributed by atoms with Crippen LogP contribution in [0.25, 0.3) is 11.0 Å². The van der Waals surface area contributed by atoms with Crippen molar-refractivity contribution >= 4 is 17.0 Å². The predicted molar refractivity (Wildman–Crippen MR) is 75.9 cm³/mol. The Hall–Kier alpha value is -1.89. The monoisotopic (exact) mass is 274 g/mol. The largest absolute Gasteiger partial charge is 0.340 e. The predicted octanol–water partition coefficient (Wildman–Crippen LogP) is 0.178. The van der Waals surface area contributed by atoms with Gasteiger partial charge < -0.3 is 4.90 Å². The molecular weight excluding hydrogens is 256 g/mol. The molecule has 0 bridgehead atoms. The van der Waals surface area contributed by atoms with E-state index in [-0.39, 0.29) is 5.56 Å². The Labute approximate surface area is 116 Å². The second kappa shape index (κ2) is 4.59. The lowest BCUT2D eigenvalue weighted by molar-refractivity contribution is 0.247. The molecule has 0 amide bonds. The van der Waals surface area contributed by atoms with Gasteiger partial charge in [-0.2, -0.15) is 10.1 Å². The van der Waals surface area contributed by atoms with Crippen LogP contribution >= 0.6 is 0 Å². The van der Waals surface area contributed by atoms with Crippen molar-refractivity contribution in [1.29, 1.82) is 0 Å². The molecule has 0 atom stereocenters. The van der Waals surface area contributed by atoms with E-state index in [1.165, 1.54) is 25.6 Å². The van der Waals surface area contributed by atoms with Crippen molar-refractivity contribution in [3.8, 4) is 0 Å². The lowest BCUT2D eigenvalue weighted by Gasteiger charge is -2.34. The third kappa shape index (κ3) is 2.18. The van der Waals surface area contributed by atoms with Gasteiger partial charge in [0, 0.05) is 32.7 Å². The van der Waals surface area contributed by atoms with Gasteiger partial charge in [-0.3, -0.25) is 19.8 Å². The van der Waals surface area contributed by atoms with Crippen molar-refractivity contribution in [3.05, 3.63) is 16.6 Å². The van der Waals surface area contributed by atoms with Gasteiger partial charge in [-0.25, -0.2) is 0 Å². The van der Waals surface area contributed by atoms with Crippen molar-refractivity contribution in [1.82, 2.24) is 25.1 Å². The van der Waals surface area contributed by atoms with Gasteiger partial charge in [0.1, 0.15) is 5.39 Å². The molecular formula is C13H18N6O. The smallest absolute Gasteiger partial charge is 0.263 e. The molecule has 106 valence electrons. The van der Waals surface area contributed by atoms with Crippen LogP contribution in [0.3, 0.4) is 0 Å². The van der Waals surface area contributed by atoms with Crippen LogP contribution in [-0.4, -0.2) is 57.8 Å². The molecule has 2 aromatic rings. The van der Waals surface area contributed by atoms with Gasteiger partial charge in [-0.15, -0.1) is 0 Å². The van der Waals surface area contributed by atoms with Crippen LogP contribution in [0.5, 0.6) is 0 Å². The Morgan fingerprint density at radius 3 is 2.80 bits per heavy atom. The fourth-order valence-corrected chi connectivity index (χ4v) is 2.79. The van der Waals surface area contributed by atoms with E-state index < -0.39 is 0 Å². The number of aromatic amines is 2. The maximum absolute atomic E-state index is 11.9. The maximum atomic E-state index is 11.9. The molecule has 4 rings (SSSR count). The molecule has 20 heavy (non-hydrogen) atoms. The van der Waals surface area contributed by atoms with Crippen LogP contribution < -0.4 is 10.5 Å². The molecule has 2 N–H and O–H groups in total. The number of hydrogen-bond acceptors (Lipinski definition) is 5. The van der Waals surface area contributed by atoms with Crippen LogP contribution in [0.4, 0.5) is 5.95 Å². The summed E-state index contributed by atoms with van der Waals surface area (Å²) in [6.07, 6.45) is 4.30. The van der Waals surface area contributed by atoms with Gasteiger partial charge >= 0.3 is 0 Å². The number of aromatic nitrogens is 4. The number of rotatable bonds is 3. The minimum Gasteiger partial charge on any atom is -0.340 e. The van der Waals surface area contributed by atoms with E-state index in [0.717, 1.165) is 32.1 Å². The molecule has 7 nitrogen and oxygen atoms in total. The van der Waals surface area contributed by atoms with Crippen molar-refractivity contribution in [3.63, 3.8) is 0 Å². The lowest BCUT2D eigenvalue weighted by atomic mass is 10.3. The number of hydrogen-bond donors (Lipinski definition) is 2. The standard InChI is InChI=1S/C13H18N6O/c20-12-10-7-14-17-11(10)15-13(16-12)19-5-3-18(4-6-19)8-9-1-2-9/h7,9H,1-6,8H2,(H2,14,15,16,17,20). The summed E-state index contributed by atoms with van der Waals surface area (Å²) in [6, 6.07) is 0. The first kappa shape index (κ1) is 11.9. The molecule has 7 heteroatoms. The molecule has 0 aromatic carbocycles. The molecule has 1 aliphatic carbocycles. The number of nitrogens with zero attached hydrogens (tertiary/aromatic N) is 4. The summed E-state index contributed by atoms with van der Waals surface area (Å²) >= 11 is 0. The minimum atomic E-state index is -0.126. The van der Waals surface area contributed by atoms with Crippen LogP contribution in [-0.2, 0) is 0 Å². The third-order valence-electron chi connectivity index (χ3n) is 4.19. The SMILES string of the molecule is O=c1[nH]c(N2CCN(CC3CC3)CC2)nc2[nH]ncc12. The zero-order valence-electron chi connectivity index (χ0n) is 11.3. The number of piperazine rings is 1. The lowest BCUT2D eigenvalue weighted by Crippen LogP contribution is -2.47. The highest BCUT2D eigenvalue weighted by atomic mass is 16.1. The Kier molecular flexibility index (Phi) is 2.73. The van der Waals surface area contributed by atoms with E-state index in [1.54, 1.807) is 0 Å². The number of nitrogens with one attached hydrogen (secondary N) is 2. The molecule has 1 saturated heterocycles. The van der Waals surface area contributed by atoms with Crippen LogP contribution in [0.1, 0.15) is 12.8 Å². The Morgan fingerprint density at radius 2 is 2.05 bits per heavy atom. The average molecular weight is 274 g/mol. The summed E-state index contributed by atoms with van der Waals surface area (Å²) in [4.78, 5) is 23.9. The van der Waals surface area contributed by atoms with Crippen molar-refractivity contribution < 1.29 is 0 Å².